The van der Waals surface area contributed by atoms with Crippen molar-refractivity contribution in [3.8, 4) is 0 Å². The molecule has 13 heavy (non-hydrogen) atoms. The lowest BCUT2D eigenvalue weighted by Crippen LogP contribution is -2.28. The highest BCUT2D eigenvalue weighted by Gasteiger charge is 2.41. The van der Waals surface area contributed by atoms with Crippen molar-refractivity contribution < 1.29 is 14.3 Å². The van der Waals surface area contributed by atoms with Gasteiger partial charge in [0.1, 0.15) is 11.7 Å². The molecule has 3 nitrogen and oxygen atoms in total. The molecule has 1 fully saturated rings. The van der Waals surface area contributed by atoms with Crippen molar-refractivity contribution in [2.45, 2.75) is 26.7 Å². The highest BCUT2D eigenvalue weighted by molar-refractivity contribution is 6.00. The van der Waals surface area contributed by atoms with Crippen LogP contribution in [0.4, 0.5) is 0 Å². The van der Waals surface area contributed by atoms with Gasteiger partial charge in [-0.3, -0.25) is 9.59 Å². The number of methoxy groups -OCH3 is 1. The number of hydrogen-bond acceptors (Lipinski definition) is 3. The number of hydrogen-bond donors (Lipinski definition) is 0. The molecule has 0 aromatic rings. The second-order valence-electron chi connectivity index (χ2n) is 3.91. The van der Waals surface area contributed by atoms with Gasteiger partial charge in [0, 0.05) is 6.42 Å². The smallest absolute Gasteiger partial charge is 0.316 e. The Bertz CT molecular complexity index is 220. The predicted octanol–water partition coefficient (Wildman–Crippen LogP) is 1.41. The Kier molecular flexibility index (Phi) is 3.07. The van der Waals surface area contributed by atoms with E-state index >= 15 is 0 Å². The number of esters is 1. The number of Topliss-reactive ketones (excluding diaryl/α,β-unsaturated/α-hetero) is 1. The van der Waals surface area contributed by atoms with E-state index in [0.29, 0.717) is 12.3 Å². The zero-order chi connectivity index (χ0) is 10.0. The maximum atomic E-state index is 11.4. The van der Waals surface area contributed by atoms with Crippen LogP contribution in [0.1, 0.15) is 26.7 Å². The third-order valence-electron chi connectivity index (χ3n) is 2.81. The van der Waals surface area contributed by atoms with Crippen molar-refractivity contribution in [1.29, 1.82) is 0 Å². The first-order valence-electron chi connectivity index (χ1n) is 4.68. The molecule has 0 amide bonds. The van der Waals surface area contributed by atoms with Gasteiger partial charge in [-0.05, 0) is 18.3 Å². The van der Waals surface area contributed by atoms with Gasteiger partial charge in [-0.2, -0.15) is 0 Å². The number of ketones is 1. The molecule has 1 rings (SSSR count). The fourth-order valence-electron chi connectivity index (χ4n) is 2.02. The number of carbonyl (C=O) groups excluding carboxylic acids is 2. The molecule has 0 bridgehead atoms. The van der Waals surface area contributed by atoms with Crippen molar-refractivity contribution >= 4 is 11.8 Å². The lowest BCUT2D eigenvalue weighted by Gasteiger charge is -2.19. The summed E-state index contributed by atoms with van der Waals surface area (Å²) in [7, 11) is 1.34. The van der Waals surface area contributed by atoms with Gasteiger partial charge in [0.2, 0.25) is 0 Å². The van der Waals surface area contributed by atoms with E-state index in [4.69, 9.17) is 0 Å². The topological polar surface area (TPSA) is 43.4 Å². The van der Waals surface area contributed by atoms with Crippen molar-refractivity contribution in [1.82, 2.24) is 0 Å². The van der Waals surface area contributed by atoms with Crippen LogP contribution in [-0.2, 0) is 14.3 Å². The minimum atomic E-state index is -0.495. The Balaban J connectivity index is 2.77. The summed E-state index contributed by atoms with van der Waals surface area (Å²) in [6, 6.07) is 0. The largest absolute Gasteiger partial charge is 0.468 e. The van der Waals surface area contributed by atoms with Crippen molar-refractivity contribution in [3.63, 3.8) is 0 Å². The Morgan fingerprint density at radius 3 is 2.62 bits per heavy atom. The van der Waals surface area contributed by atoms with Gasteiger partial charge in [0.15, 0.2) is 0 Å². The number of rotatable bonds is 2. The van der Waals surface area contributed by atoms with Crippen LogP contribution in [0.15, 0.2) is 0 Å². The Hall–Kier alpha value is -0.860. The first-order valence-corrected chi connectivity index (χ1v) is 4.68. The van der Waals surface area contributed by atoms with Gasteiger partial charge in [0.25, 0.3) is 0 Å². The monoisotopic (exact) mass is 184 g/mol. The quantitative estimate of drug-likeness (QED) is 0.481. The Morgan fingerprint density at radius 2 is 2.15 bits per heavy atom. The molecule has 0 aliphatic heterocycles. The van der Waals surface area contributed by atoms with Crippen molar-refractivity contribution in [2.24, 2.45) is 17.8 Å². The van der Waals surface area contributed by atoms with Crippen LogP contribution in [-0.4, -0.2) is 18.9 Å². The molecule has 0 aromatic heterocycles. The van der Waals surface area contributed by atoms with Crippen molar-refractivity contribution in [2.75, 3.05) is 7.11 Å². The molecule has 0 spiro atoms. The Morgan fingerprint density at radius 1 is 1.54 bits per heavy atom. The van der Waals surface area contributed by atoms with E-state index in [2.05, 4.69) is 4.74 Å². The average molecular weight is 184 g/mol. The molecule has 0 unspecified atom stereocenters. The summed E-state index contributed by atoms with van der Waals surface area (Å²) in [6.07, 6.45) is 1.36. The third kappa shape index (κ3) is 1.90. The van der Waals surface area contributed by atoms with Crippen LogP contribution in [0.2, 0.25) is 0 Å². The first kappa shape index (κ1) is 10.2. The molecule has 1 aliphatic rings. The normalized spacial score (nSPS) is 28.2. The Labute approximate surface area is 78.5 Å². The zero-order valence-corrected chi connectivity index (χ0v) is 8.37. The van der Waals surface area contributed by atoms with Crippen LogP contribution in [0.5, 0.6) is 0 Å². The molecule has 0 heterocycles. The molecule has 3 heteroatoms. The van der Waals surface area contributed by atoms with Gasteiger partial charge in [0.05, 0.1) is 7.11 Å². The second-order valence-corrected chi connectivity index (χ2v) is 3.91. The van der Waals surface area contributed by atoms with E-state index < -0.39 is 5.92 Å². The highest BCUT2D eigenvalue weighted by Crippen LogP contribution is 2.34. The maximum Gasteiger partial charge on any atom is 0.316 e. The van der Waals surface area contributed by atoms with Gasteiger partial charge >= 0.3 is 5.97 Å². The van der Waals surface area contributed by atoms with E-state index in [-0.39, 0.29) is 17.7 Å². The molecular weight excluding hydrogens is 168 g/mol. The molecule has 2 atom stereocenters. The van der Waals surface area contributed by atoms with E-state index in [1.54, 1.807) is 0 Å². The SMILES string of the molecule is COC(=O)[C@@H]1C(=O)CC[C@@H]1C(C)C. The minimum Gasteiger partial charge on any atom is -0.468 e. The van der Waals surface area contributed by atoms with E-state index in [0.717, 1.165) is 6.42 Å². The second kappa shape index (κ2) is 3.90. The summed E-state index contributed by atoms with van der Waals surface area (Å²) < 4.78 is 4.63. The van der Waals surface area contributed by atoms with Crippen molar-refractivity contribution in [3.05, 3.63) is 0 Å². The van der Waals surface area contributed by atoms with E-state index in [1.165, 1.54) is 7.11 Å². The molecule has 0 saturated heterocycles. The fraction of sp³-hybridized carbons (Fsp3) is 0.800. The van der Waals surface area contributed by atoms with Crippen LogP contribution in [0.3, 0.4) is 0 Å². The first-order chi connectivity index (χ1) is 6.07. The highest BCUT2D eigenvalue weighted by atomic mass is 16.5. The van der Waals surface area contributed by atoms with Gasteiger partial charge < -0.3 is 4.74 Å². The van der Waals surface area contributed by atoms with E-state index in [9.17, 15) is 9.59 Å². The molecular formula is C10H16O3. The van der Waals surface area contributed by atoms with Crippen LogP contribution < -0.4 is 0 Å². The van der Waals surface area contributed by atoms with Crippen LogP contribution in [0, 0.1) is 17.8 Å². The molecule has 1 saturated carbocycles. The summed E-state index contributed by atoms with van der Waals surface area (Å²) in [6.45, 7) is 4.08. The lowest BCUT2D eigenvalue weighted by atomic mass is 9.86. The summed E-state index contributed by atoms with van der Waals surface area (Å²) in [5.41, 5.74) is 0. The summed E-state index contributed by atoms with van der Waals surface area (Å²) in [4.78, 5) is 22.7. The minimum absolute atomic E-state index is 0.0468. The number of carbonyl (C=O) groups is 2. The molecule has 74 valence electrons. The van der Waals surface area contributed by atoms with Crippen LogP contribution >= 0.6 is 0 Å². The molecule has 0 radical (unpaired) electrons. The summed E-state index contributed by atoms with van der Waals surface area (Å²) in [5, 5.41) is 0. The van der Waals surface area contributed by atoms with Gasteiger partial charge in [-0.25, -0.2) is 0 Å². The predicted molar refractivity (Wildman–Crippen MR) is 48.1 cm³/mol. The maximum absolute atomic E-state index is 11.4. The molecule has 0 aromatic carbocycles. The van der Waals surface area contributed by atoms with E-state index in [1.807, 2.05) is 13.8 Å². The van der Waals surface area contributed by atoms with Crippen LogP contribution in [0.25, 0.3) is 0 Å². The number of ether oxygens (including phenoxy) is 1. The lowest BCUT2D eigenvalue weighted by molar-refractivity contribution is -0.150. The van der Waals surface area contributed by atoms with Gasteiger partial charge in [-0.1, -0.05) is 13.8 Å². The summed E-state index contributed by atoms with van der Waals surface area (Å²) in [5.74, 6) is -0.257. The standard InChI is InChI=1S/C10H16O3/c1-6(2)7-4-5-8(11)9(7)10(12)13-3/h6-7,9H,4-5H2,1-3H3/t7-,9+/m1/s1. The van der Waals surface area contributed by atoms with Gasteiger partial charge in [-0.15, -0.1) is 0 Å². The third-order valence-corrected chi connectivity index (χ3v) is 2.81. The molecule has 0 N–H and O–H groups in total. The average Bonchev–Trinajstić information content (AvgIpc) is 2.46. The molecule has 1 aliphatic carbocycles. The zero-order valence-electron chi connectivity index (χ0n) is 8.37. The fourth-order valence-corrected chi connectivity index (χ4v) is 2.02. The summed E-state index contributed by atoms with van der Waals surface area (Å²) >= 11 is 0.